The van der Waals surface area contributed by atoms with Crippen molar-refractivity contribution in [1.82, 2.24) is 10.6 Å². The lowest BCUT2D eigenvalue weighted by Gasteiger charge is -2.15. The van der Waals surface area contributed by atoms with Crippen molar-refractivity contribution in [3.63, 3.8) is 0 Å². The van der Waals surface area contributed by atoms with E-state index in [2.05, 4.69) is 53.7 Å². The molecule has 2 N–H and O–H groups in total. The van der Waals surface area contributed by atoms with Crippen LogP contribution in [0.1, 0.15) is 31.4 Å². The summed E-state index contributed by atoms with van der Waals surface area (Å²) in [6.07, 6.45) is 1.10. The van der Waals surface area contributed by atoms with Crippen molar-refractivity contribution in [2.75, 3.05) is 0 Å². The predicted octanol–water partition coefficient (Wildman–Crippen LogP) is 2.03. The third kappa shape index (κ3) is 2.54. The summed E-state index contributed by atoms with van der Waals surface area (Å²) in [6.45, 7) is 5.96. The summed E-state index contributed by atoms with van der Waals surface area (Å²) in [7, 11) is 0. The minimum absolute atomic E-state index is 0.465. The number of guanidine groups is 1. The molecule has 1 unspecified atom stereocenters. The monoisotopic (exact) mass is 217 g/mol. The lowest BCUT2D eigenvalue weighted by molar-refractivity contribution is 0.624. The molecule has 1 aromatic carbocycles. The molecule has 0 bridgehead atoms. The van der Waals surface area contributed by atoms with E-state index < -0.39 is 0 Å². The van der Waals surface area contributed by atoms with Crippen LogP contribution in [0.5, 0.6) is 0 Å². The van der Waals surface area contributed by atoms with Gasteiger partial charge in [0.25, 0.3) is 0 Å². The molecule has 1 aromatic rings. The van der Waals surface area contributed by atoms with Crippen molar-refractivity contribution >= 4 is 5.96 Å². The Bertz CT molecular complexity index is 385. The van der Waals surface area contributed by atoms with E-state index in [-0.39, 0.29) is 0 Å². The third-order valence-corrected chi connectivity index (χ3v) is 2.97. The van der Waals surface area contributed by atoms with E-state index in [0.29, 0.717) is 6.04 Å². The van der Waals surface area contributed by atoms with Gasteiger partial charge in [-0.25, -0.2) is 4.99 Å². The quantitative estimate of drug-likeness (QED) is 0.795. The van der Waals surface area contributed by atoms with Gasteiger partial charge in [0.2, 0.25) is 0 Å². The fourth-order valence-corrected chi connectivity index (χ4v) is 1.72. The summed E-state index contributed by atoms with van der Waals surface area (Å²) < 4.78 is 0. The average molecular weight is 217 g/mol. The number of benzene rings is 1. The SMILES string of the molecule is CCC(C)NC1=NCc2ccccc2CN1. The highest BCUT2D eigenvalue weighted by molar-refractivity contribution is 5.80. The fraction of sp³-hybridized carbons (Fsp3) is 0.462. The van der Waals surface area contributed by atoms with E-state index >= 15 is 0 Å². The molecular formula is C13H19N3. The Labute approximate surface area is 97.0 Å². The number of nitrogens with one attached hydrogen (secondary N) is 2. The van der Waals surface area contributed by atoms with Crippen LogP contribution in [0.2, 0.25) is 0 Å². The molecule has 0 aliphatic carbocycles. The molecule has 0 fully saturated rings. The zero-order valence-electron chi connectivity index (χ0n) is 9.96. The molecule has 3 nitrogen and oxygen atoms in total. The first kappa shape index (κ1) is 11.0. The van der Waals surface area contributed by atoms with Crippen molar-refractivity contribution in [2.45, 2.75) is 39.4 Å². The molecule has 1 aliphatic rings. The summed E-state index contributed by atoms with van der Waals surface area (Å²) in [5.74, 6) is 0.922. The van der Waals surface area contributed by atoms with Crippen LogP contribution >= 0.6 is 0 Å². The molecule has 16 heavy (non-hydrogen) atoms. The van der Waals surface area contributed by atoms with Gasteiger partial charge < -0.3 is 10.6 Å². The van der Waals surface area contributed by atoms with Crippen LogP contribution in [0.15, 0.2) is 29.3 Å². The summed E-state index contributed by atoms with van der Waals surface area (Å²) in [6, 6.07) is 8.92. The first-order chi connectivity index (χ1) is 7.79. The predicted molar refractivity (Wildman–Crippen MR) is 67.3 cm³/mol. The Hall–Kier alpha value is -1.51. The van der Waals surface area contributed by atoms with Crippen LogP contribution in [0, 0.1) is 0 Å². The topological polar surface area (TPSA) is 36.4 Å². The number of hydrogen-bond acceptors (Lipinski definition) is 3. The first-order valence-electron chi connectivity index (χ1n) is 5.91. The van der Waals surface area contributed by atoms with Crippen molar-refractivity contribution < 1.29 is 0 Å². The van der Waals surface area contributed by atoms with Gasteiger partial charge in [-0.05, 0) is 24.5 Å². The van der Waals surface area contributed by atoms with Crippen molar-refractivity contribution in [1.29, 1.82) is 0 Å². The van der Waals surface area contributed by atoms with Gasteiger partial charge >= 0.3 is 0 Å². The Morgan fingerprint density at radius 2 is 2.12 bits per heavy atom. The van der Waals surface area contributed by atoms with Crippen LogP contribution in [-0.4, -0.2) is 12.0 Å². The lowest BCUT2D eigenvalue weighted by atomic mass is 10.1. The maximum atomic E-state index is 4.55. The van der Waals surface area contributed by atoms with Crippen molar-refractivity contribution in [2.24, 2.45) is 4.99 Å². The van der Waals surface area contributed by atoms with Gasteiger partial charge in [-0.3, -0.25) is 0 Å². The summed E-state index contributed by atoms with van der Waals surface area (Å²) in [5, 5.41) is 6.72. The van der Waals surface area contributed by atoms with Crippen LogP contribution in [0.3, 0.4) is 0 Å². The maximum Gasteiger partial charge on any atom is 0.192 e. The smallest absolute Gasteiger partial charge is 0.192 e. The number of hydrogen-bond donors (Lipinski definition) is 2. The molecule has 0 amide bonds. The molecule has 1 heterocycles. The zero-order chi connectivity index (χ0) is 11.4. The van der Waals surface area contributed by atoms with E-state index in [1.807, 2.05) is 0 Å². The molecule has 1 atom stereocenters. The van der Waals surface area contributed by atoms with Gasteiger partial charge in [-0.2, -0.15) is 0 Å². The molecule has 3 heteroatoms. The Morgan fingerprint density at radius 1 is 1.38 bits per heavy atom. The van der Waals surface area contributed by atoms with E-state index in [9.17, 15) is 0 Å². The van der Waals surface area contributed by atoms with E-state index in [1.54, 1.807) is 0 Å². The second kappa shape index (κ2) is 5.01. The standard InChI is InChI=1S/C13H19N3/c1-3-10(2)16-13-14-8-11-6-4-5-7-12(11)9-15-13/h4-7,10H,3,8-9H2,1-2H3,(H2,14,15,16). The van der Waals surface area contributed by atoms with E-state index in [0.717, 1.165) is 25.5 Å². The molecule has 0 radical (unpaired) electrons. The molecule has 1 aliphatic heterocycles. The maximum absolute atomic E-state index is 4.55. The Kier molecular flexibility index (Phi) is 3.44. The first-order valence-corrected chi connectivity index (χ1v) is 5.91. The van der Waals surface area contributed by atoms with Gasteiger partial charge in [0.1, 0.15) is 0 Å². The molecule has 0 spiro atoms. The normalized spacial score (nSPS) is 16.5. The van der Waals surface area contributed by atoms with Gasteiger partial charge in [-0.15, -0.1) is 0 Å². The highest BCUT2D eigenvalue weighted by Crippen LogP contribution is 2.12. The van der Waals surface area contributed by atoms with Gasteiger partial charge in [0.05, 0.1) is 6.54 Å². The molecule has 0 saturated heterocycles. The van der Waals surface area contributed by atoms with Crippen LogP contribution < -0.4 is 10.6 Å². The highest BCUT2D eigenvalue weighted by Gasteiger charge is 2.09. The van der Waals surface area contributed by atoms with E-state index in [1.165, 1.54) is 11.1 Å². The second-order valence-corrected chi connectivity index (χ2v) is 4.24. The largest absolute Gasteiger partial charge is 0.354 e. The lowest BCUT2D eigenvalue weighted by Crippen LogP contribution is -2.41. The van der Waals surface area contributed by atoms with Gasteiger partial charge in [0, 0.05) is 12.6 Å². The zero-order valence-corrected chi connectivity index (χ0v) is 9.96. The highest BCUT2D eigenvalue weighted by atomic mass is 15.2. The van der Waals surface area contributed by atoms with Crippen LogP contribution in [-0.2, 0) is 13.1 Å². The number of nitrogens with zero attached hydrogens (tertiary/aromatic N) is 1. The summed E-state index contributed by atoms with van der Waals surface area (Å²) >= 11 is 0. The Balaban J connectivity index is 2.05. The molecule has 86 valence electrons. The molecular weight excluding hydrogens is 198 g/mol. The van der Waals surface area contributed by atoms with Crippen LogP contribution in [0.4, 0.5) is 0 Å². The van der Waals surface area contributed by atoms with Crippen molar-refractivity contribution in [3.8, 4) is 0 Å². The Morgan fingerprint density at radius 3 is 2.88 bits per heavy atom. The minimum Gasteiger partial charge on any atom is -0.354 e. The molecule has 2 rings (SSSR count). The minimum atomic E-state index is 0.465. The second-order valence-electron chi connectivity index (χ2n) is 4.24. The third-order valence-electron chi connectivity index (χ3n) is 2.97. The number of aliphatic imine (C=N–C) groups is 1. The van der Waals surface area contributed by atoms with Crippen molar-refractivity contribution in [3.05, 3.63) is 35.4 Å². The van der Waals surface area contributed by atoms with Crippen LogP contribution in [0.25, 0.3) is 0 Å². The van der Waals surface area contributed by atoms with Gasteiger partial charge in [0.15, 0.2) is 5.96 Å². The summed E-state index contributed by atoms with van der Waals surface area (Å²) in [4.78, 5) is 4.55. The number of rotatable bonds is 2. The molecule has 0 saturated carbocycles. The fourth-order valence-electron chi connectivity index (χ4n) is 1.72. The van der Waals surface area contributed by atoms with Gasteiger partial charge in [-0.1, -0.05) is 31.2 Å². The molecule has 0 aromatic heterocycles. The average Bonchev–Trinajstić information content (AvgIpc) is 2.52. The number of fused-ring (bicyclic) bond motifs is 1. The van der Waals surface area contributed by atoms with E-state index in [4.69, 9.17) is 0 Å². The summed E-state index contributed by atoms with van der Waals surface area (Å²) in [5.41, 5.74) is 2.66.